The van der Waals surface area contributed by atoms with Gasteiger partial charge in [-0.2, -0.15) is 0 Å². The van der Waals surface area contributed by atoms with Crippen LogP contribution in [0.3, 0.4) is 0 Å². The molecule has 1 aliphatic rings. The zero-order valence-corrected chi connectivity index (χ0v) is 16.7. The summed E-state index contributed by atoms with van der Waals surface area (Å²) in [6, 6.07) is 12.5. The summed E-state index contributed by atoms with van der Waals surface area (Å²) in [5, 5.41) is 1.23. The molecule has 1 N–H and O–H groups in total. The summed E-state index contributed by atoms with van der Waals surface area (Å²) >= 11 is 0. The maximum absolute atomic E-state index is 12.8. The van der Waals surface area contributed by atoms with Crippen molar-refractivity contribution in [1.82, 2.24) is 5.43 Å². The van der Waals surface area contributed by atoms with Crippen molar-refractivity contribution in [1.29, 1.82) is 0 Å². The Morgan fingerprint density at radius 2 is 1.97 bits per heavy atom. The molecule has 2 aromatic rings. The molecule has 30 heavy (non-hydrogen) atoms. The van der Waals surface area contributed by atoms with E-state index in [9.17, 15) is 9.59 Å². The number of nitrogens with zero attached hydrogens (tertiary/aromatic N) is 1. The molecule has 0 unspecified atom stereocenters. The standard InChI is InChI=1S/C24H22N2O4/c1-4-10-18-14-17(16-21(29-6-3)22(18)30-13-5-2)15-20-23(27)25-26(24(20)28)19-11-8-7-9-12-19/h2,4,7-9,11-12,14-16H,1,6,10,13H2,3H3,(H,25,27)/b20-15-. The Balaban J connectivity index is 2.01. The molecule has 0 atom stereocenters. The number of para-hydroxylation sites is 1. The molecule has 1 saturated heterocycles. The van der Waals surface area contributed by atoms with Crippen molar-refractivity contribution < 1.29 is 19.1 Å². The number of carbonyl (C=O) groups is 2. The van der Waals surface area contributed by atoms with Gasteiger partial charge in [0, 0.05) is 5.56 Å². The van der Waals surface area contributed by atoms with Crippen LogP contribution in [0.15, 0.2) is 60.7 Å². The first-order valence-corrected chi connectivity index (χ1v) is 9.48. The summed E-state index contributed by atoms with van der Waals surface area (Å²) in [5.74, 6) is 2.56. The van der Waals surface area contributed by atoms with Crippen LogP contribution in [-0.4, -0.2) is 25.0 Å². The number of hydrazine groups is 1. The highest BCUT2D eigenvalue weighted by Gasteiger charge is 2.34. The molecule has 2 aromatic carbocycles. The summed E-state index contributed by atoms with van der Waals surface area (Å²) < 4.78 is 11.4. The van der Waals surface area contributed by atoms with E-state index >= 15 is 0 Å². The molecule has 0 aliphatic carbocycles. The first kappa shape index (κ1) is 20.7. The number of anilines is 1. The fourth-order valence-corrected chi connectivity index (χ4v) is 3.10. The number of hydrogen-bond donors (Lipinski definition) is 1. The number of amides is 2. The van der Waals surface area contributed by atoms with Crippen LogP contribution in [-0.2, 0) is 16.0 Å². The number of benzene rings is 2. The molecule has 6 heteroatoms. The average Bonchev–Trinajstić information content (AvgIpc) is 3.02. The van der Waals surface area contributed by atoms with Crippen molar-refractivity contribution in [3.63, 3.8) is 0 Å². The zero-order valence-electron chi connectivity index (χ0n) is 16.7. The summed E-state index contributed by atoms with van der Waals surface area (Å²) in [7, 11) is 0. The van der Waals surface area contributed by atoms with Crippen molar-refractivity contribution in [2.45, 2.75) is 13.3 Å². The zero-order chi connectivity index (χ0) is 21.5. The third-order valence-corrected chi connectivity index (χ3v) is 4.33. The van der Waals surface area contributed by atoms with E-state index < -0.39 is 11.8 Å². The van der Waals surface area contributed by atoms with Gasteiger partial charge in [0.25, 0.3) is 11.8 Å². The van der Waals surface area contributed by atoms with Crippen LogP contribution in [0.4, 0.5) is 5.69 Å². The van der Waals surface area contributed by atoms with E-state index in [0.717, 1.165) is 5.56 Å². The molecule has 152 valence electrons. The number of terminal acetylenes is 1. The van der Waals surface area contributed by atoms with Crippen molar-refractivity contribution >= 4 is 23.6 Å². The minimum Gasteiger partial charge on any atom is -0.490 e. The Labute approximate surface area is 175 Å². The number of hydrogen-bond acceptors (Lipinski definition) is 4. The lowest BCUT2D eigenvalue weighted by Gasteiger charge is -2.15. The third kappa shape index (κ3) is 4.36. The third-order valence-electron chi connectivity index (χ3n) is 4.33. The van der Waals surface area contributed by atoms with Crippen LogP contribution in [0.2, 0.25) is 0 Å². The second kappa shape index (κ2) is 9.48. The number of carbonyl (C=O) groups excluding carboxylic acids is 2. The monoisotopic (exact) mass is 402 g/mol. The minimum atomic E-state index is -0.472. The molecule has 0 radical (unpaired) electrons. The fourth-order valence-electron chi connectivity index (χ4n) is 3.10. The first-order valence-electron chi connectivity index (χ1n) is 9.48. The minimum absolute atomic E-state index is 0.0307. The molecule has 1 heterocycles. The van der Waals surface area contributed by atoms with Crippen LogP contribution in [0.1, 0.15) is 18.1 Å². The maximum atomic E-state index is 12.8. The smallest absolute Gasteiger partial charge is 0.282 e. The van der Waals surface area contributed by atoms with Gasteiger partial charge in [0.1, 0.15) is 12.2 Å². The van der Waals surface area contributed by atoms with E-state index in [-0.39, 0.29) is 12.2 Å². The molecule has 3 rings (SSSR count). The van der Waals surface area contributed by atoms with Gasteiger partial charge in [0.05, 0.1) is 12.3 Å². The van der Waals surface area contributed by atoms with E-state index in [1.807, 2.05) is 19.1 Å². The number of allylic oxidation sites excluding steroid dienone is 1. The van der Waals surface area contributed by atoms with E-state index in [1.165, 1.54) is 5.01 Å². The number of nitrogens with one attached hydrogen (secondary N) is 1. The highest BCUT2D eigenvalue weighted by Crippen LogP contribution is 2.35. The highest BCUT2D eigenvalue weighted by molar-refractivity contribution is 6.31. The molecule has 1 aliphatic heterocycles. The Hall–Kier alpha value is -3.98. The van der Waals surface area contributed by atoms with Crippen molar-refractivity contribution in [3.8, 4) is 23.8 Å². The van der Waals surface area contributed by atoms with Crippen molar-refractivity contribution in [2.75, 3.05) is 18.2 Å². The lowest BCUT2D eigenvalue weighted by molar-refractivity contribution is -0.117. The van der Waals surface area contributed by atoms with Gasteiger partial charge >= 0.3 is 0 Å². The Bertz CT molecular complexity index is 1040. The normalized spacial score (nSPS) is 14.4. The summed E-state index contributed by atoms with van der Waals surface area (Å²) in [4.78, 5) is 25.3. The van der Waals surface area contributed by atoms with E-state index in [2.05, 4.69) is 17.9 Å². The second-order valence-electron chi connectivity index (χ2n) is 6.40. The highest BCUT2D eigenvalue weighted by atomic mass is 16.5. The Morgan fingerprint density at radius 3 is 2.63 bits per heavy atom. The maximum Gasteiger partial charge on any atom is 0.282 e. The number of rotatable bonds is 8. The number of ether oxygens (including phenoxy) is 2. The van der Waals surface area contributed by atoms with E-state index in [4.69, 9.17) is 15.9 Å². The van der Waals surface area contributed by atoms with Gasteiger partial charge in [0.15, 0.2) is 11.5 Å². The van der Waals surface area contributed by atoms with Gasteiger partial charge in [-0.25, -0.2) is 5.01 Å². The van der Waals surface area contributed by atoms with Crippen LogP contribution in [0.25, 0.3) is 6.08 Å². The Morgan fingerprint density at radius 1 is 1.20 bits per heavy atom. The van der Waals surface area contributed by atoms with Crippen LogP contribution < -0.4 is 19.9 Å². The lowest BCUT2D eigenvalue weighted by Crippen LogP contribution is -2.35. The summed E-state index contributed by atoms with van der Waals surface area (Å²) in [6.45, 7) is 6.15. The van der Waals surface area contributed by atoms with Crippen molar-refractivity contribution in [3.05, 3.63) is 71.8 Å². The molecule has 2 amide bonds. The topological polar surface area (TPSA) is 67.9 Å². The first-order chi connectivity index (χ1) is 14.6. The lowest BCUT2D eigenvalue weighted by atomic mass is 10.0. The van der Waals surface area contributed by atoms with E-state index in [1.54, 1.807) is 42.5 Å². The predicted octanol–water partition coefficient (Wildman–Crippen LogP) is 3.29. The molecule has 1 fully saturated rings. The van der Waals surface area contributed by atoms with Crippen LogP contribution >= 0.6 is 0 Å². The molecule has 0 aromatic heterocycles. The molecule has 0 bridgehead atoms. The quantitative estimate of drug-likeness (QED) is 0.318. The largest absolute Gasteiger partial charge is 0.490 e. The van der Waals surface area contributed by atoms with Crippen LogP contribution in [0, 0.1) is 12.3 Å². The average molecular weight is 402 g/mol. The SMILES string of the molecule is C#CCOc1c(CC=C)cc(/C=C2/C(=O)NN(c3ccccc3)C2=O)cc1OCC. The molecule has 0 spiro atoms. The second-order valence-corrected chi connectivity index (χ2v) is 6.40. The van der Waals surface area contributed by atoms with Gasteiger partial charge < -0.3 is 9.47 Å². The summed E-state index contributed by atoms with van der Waals surface area (Å²) in [6.07, 6.45) is 9.10. The summed E-state index contributed by atoms with van der Waals surface area (Å²) in [5.41, 5.74) is 4.64. The van der Waals surface area contributed by atoms with Gasteiger partial charge in [0.2, 0.25) is 0 Å². The molecule has 6 nitrogen and oxygen atoms in total. The van der Waals surface area contributed by atoms with Gasteiger partial charge in [-0.3, -0.25) is 15.0 Å². The van der Waals surface area contributed by atoms with Crippen LogP contribution in [0.5, 0.6) is 11.5 Å². The van der Waals surface area contributed by atoms with Gasteiger partial charge in [-0.1, -0.05) is 30.2 Å². The van der Waals surface area contributed by atoms with Gasteiger partial charge in [-0.15, -0.1) is 13.0 Å². The van der Waals surface area contributed by atoms with Gasteiger partial charge in [-0.05, 0) is 49.2 Å². The van der Waals surface area contributed by atoms with E-state index in [0.29, 0.717) is 35.8 Å². The molecule has 0 saturated carbocycles. The Kier molecular flexibility index (Phi) is 6.56. The van der Waals surface area contributed by atoms with Crippen molar-refractivity contribution in [2.24, 2.45) is 0 Å². The molecular weight excluding hydrogens is 380 g/mol. The molecular formula is C24H22N2O4. The fraction of sp³-hybridized carbons (Fsp3) is 0.167. The predicted molar refractivity (Wildman–Crippen MR) is 116 cm³/mol.